The highest BCUT2D eigenvalue weighted by molar-refractivity contribution is 6.28. The molecule has 0 radical (unpaired) electrons. The van der Waals surface area contributed by atoms with Crippen molar-refractivity contribution in [3.8, 4) is 0 Å². The molecule has 0 fully saturated rings. The first-order chi connectivity index (χ1) is 7.58. The second-order valence-corrected chi connectivity index (χ2v) is 3.53. The fourth-order valence-electron chi connectivity index (χ4n) is 1.36. The van der Waals surface area contributed by atoms with Crippen molar-refractivity contribution in [3.63, 3.8) is 0 Å². The van der Waals surface area contributed by atoms with Gasteiger partial charge >= 0.3 is 0 Å². The van der Waals surface area contributed by atoms with E-state index in [0.29, 0.717) is 17.0 Å². The number of rotatable bonds is 3. The Bertz CT molecular complexity index is 500. The second kappa shape index (κ2) is 4.17. The van der Waals surface area contributed by atoms with Crippen LogP contribution in [0.25, 0.3) is 11.2 Å². The molecule has 0 aliphatic heterocycles. The Morgan fingerprint density at radius 2 is 2.25 bits per heavy atom. The van der Waals surface area contributed by atoms with Crippen molar-refractivity contribution in [2.45, 2.75) is 6.43 Å². The summed E-state index contributed by atoms with van der Waals surface area (Å²) in [6.07, 6.45) is -1.04. The van der Waals surface area contributed by atoms with Gasteiger partial charge in [0.25, 0.3) is 6.43 Å². The molecule has 0 unspecified atom stereocenters. The van der Waals surface area contributed by atoms with Crippen LogP contribution in [0.3, 0.4) is 0 Å². The summed E-state index contributed by atoms with van der Waals surface area (Å²) in [6, 6.07) is 0. The molecule has 2 aromatic rings. The predicted molar refractivity (Wildman–Crippen MR) is 56.0 cm³/mol. The van der Waals surface area contributed by atoms with Crippen molar-refractivity contribution < 1.29 is 8.78 Å². The maximum Gasteiger partial charge on any atom is 0.255 e. The lowest BCUT2D eigenvalue weighted by Crippen LogP contribution is -2.25. The molecular weight excluding hydrogens is 240 g/mol. The molecule has 5 nitrogen and oxygen atoms in total. The predicted octanol–water partition coefficient (Wildman–Crippen LogP) is 1.71. The summed E-state index contributed by atoms with van der Waals surface area (Å²) in [5.41, 5.74) is 0.851. The SMILES string of the molecule is CN(CC(F)F)c1nc(Cl)nc2nc[nH]c12. The van der Waals surface area contributed by atoms with Crippen LogP contribution in [0.2, 0.25) is 5.28 Å². The quantitative estimate of drug-likeness (QED) is 0.839. The van der Waals surface area contributed by atoms with Crippen molar-refractivity contribution in [1.82, 2.24) is 19.9 Å². The first kappa shape index (κ1) is 11.0. The zero-order chi connectivity index (χ0) is 11.7. The first-order valence-electron chi connectivity index (χ1n) is 4.44. The molecule has 16 heavy (non-hydrogen) atoms. The van der Waals surface area contributed by atoms with Crippen molar-refractivity contribution in [3.05, 3.63) is 11.6 Å². The van der Waals surface area contributed by atoms with E-state index in [1.165, 1.54) is 18.3 Å². The van der Waals surface area contributed by atoms with Gasteiger partial charge in [-0.1, -0.05) is 0 Å². The fraction of sp³-hybridized carbons (Fsp3) is 0.375. The van der Waals surface area contributed by atoms with Crippen LogP contribution in [0, 0.1) is 0 Å². The normalized spacial score (nSPS) is 11.3. The zero-order valence-corrected chi connectivity index (χ0v) is 9.04. The Labute approximate surface area is 94.5 Å². The number of aromatic nitrogens is 4. The lowest BCUT2D eigenvalue weighted by molar-refractivity contribution is 0.156. The number of fused-ring (bicyclic) bond motifs is 1. The number of alkyl halides is 2. The minimum absolute atomic E-state index is 0.0179. The Morgan fingerprint density at radius 1 is 1.50 bits per heavy atom. The third-order valence-electron chi connectivity index (χ3n) is 2.01. The molecule has 0 bridgehead atoms. The van der Waals surface area contributed by atoms with Crippen LogP contribution in [0.1, 0.15) is 0 Å². The Kier molecular flexibility index (Phi) is 2.86. The second-order valence-electron chi connectivity index (χ2n) is 3.19. The summed E-state index contributed by atoms with van der Waals surface area (Å²) < 4.78 is 24.5. The number of aromatic amines is 1. The third-order valence-corrected chi connectivity index (χ3v) is 2.18. The monoisotopic (exact) mass is 247 g/mol. The van der Waals surface area contributed by atoms with E-state index in [4.69, 9.17) is 11.6 Å². The molecule has 0 amide bonds. The number of halogens is 3. The average Bonchev–Trinajstić information content (AvgIpc) is 2.62. The van der Waals surface area contributed by atoms with Crippen LogP contribution in [0.15, 0.2) is 6.33 Å². The Hall–Kier alpha value is -1.50. The lowest BCUT2D eigenvalue weighted by atomic mass is 10.4. The van der Waals surface area contributed by atoms with Crippen molar-refractivity contribution in [2.24, 2.45) is 0 Å². The number of hydrogen-bond donors (Lipinski definition) is 1. The van der Waals surface area contributed by atoms with Crippen LogP contribution in [0.4, 0.5) is 14.6 Å². The van der Waals surface area contributed by atoms with E-state index in [0.717, 1.165) is 0 Å². The zero-order valence-electron chi connectivity index (χ0n) is 8.28. The molecule has 0 aliphatic rings. The maximum atomic E-state index is 12.3. The highest BCUT2D eigenvalue weighted by Gasteiger charge is 2.15. The molecule has 0 aliphatic carbocycles. The summed E-state index contributed by atoms with van der Waals surface area (Å²) in [5, 5.41) is -0.0179. The molecule has 2 aromatic heterocycles. The van der Waals surface area contributed by atoms with Gasteiger partial charge in [-0.25, -0.2) is 13.8 Å². The molecule has 0 saturated carbocycles. The summed E-state index contributed by atoms with van der Waals surface area (Å²) in [6.45, 7) is -0.429. The van der Waals surface area contributed by atoms with Crippen molar-refractivity contribution >= 4 is 28.6 Å². The van der Waals surface area contributed by atoms with E-state index in [-0.39, 0.29) is 5.28 Å². The number of H-pyrrole nitrogens is 1. The third kappa shape index (κ3) is 2.04. The molecule has 0 spiro atoms. The van der Waals surface area contributed by atoms with Crippen LogP contribution in [-0.2, 0) is 0 Å². The van der Waals surface area contributed by atoms with Crippen LogP contribution >= 0.6 is 11.6 Å². The smallest absolute Gasteiger partial charge is 0.255 e. The summed E-state index contributed by atoms with van der Waals surface area (Å²) in [5.74, 6) is 0.313. The number of anilines is 1. The topological polar surface area (TPSA) is 57.7 Å². The van der Waals surface area contributed by atoms with E-state index < -0.39 is 13.0 Å². The van der Waals surface area contributed by atoms with Gasteiger partial charge in [-0.15, -0.1) is 0 Å². The Morgan fingerprint density at radius 3 is 2.94 bits per heavy atom. The highest BCUT2D eigenvalue weighted by atomic mass is 35.5. The average molecular weight is 248 g/mol. The minimum atomic E-state index is -2.45. The minimum Gasteiger partial charge on any atom is -0.352 e. The maximum absolute atomic E-state index is 12.3. The molecule has 0 aromatic carbocycles. The molecule has 86 valence electrons. The molecule has 1 N–H and O–H groups in total. The van der Waals surface area contributed by atoms with Gasteiger partial charge in [0.2, 0.25) is 5.28 Å². The summed E-state index contributed by atoms with van der Waals surface area (Å²) in [4.78, 5) is 15.7. The molecular formula is C8H8ClF2N5. The van der Waals surface area contributed by atoms with E-state index in [9.17, 15) is 8.78 Å². The van der Waals surface area contributed by atoms with Crippen LogP contribution < -0.4 is 4.90 Å². The van der Waals surface area contributed by atoms with Gasteiger partial charge < -0.3 is 9.88 Å². The van der Waals surface area contributed by atoms with Gasteiger partial charge in [0, 0.05) is 7.05 Å². The molecule has 8 heteroatoms. The number of imidazole rings is 1. The number of nitrogens with zero attached hydrogens (tertiary/aromatic N) is 4. The summed E-state index contributed by atoms with van der Waals surface area (Å²) >= 11 is 5.67. The molecule has 0 atom stereocenters. The van der Waals surface area contributed by atoms with Gasteiger partial charge in [-0.3, -0.25) is 0 Å². The van der Waals surface area contributed by atoms with Gasteiger partial charge in [-0.2, -0.15) is 9.97 Å². The number of nitrogens with one attached hydrogen (secondary N) is 1. The van der Waals surface area contributed by atoms with Gasteiger partial charge in [0.05, 0.1) is 12.9 Å². The van der Waals surface area contributed by atoms with E-state index in [1.54, 1.807) is 0 Å². The van der Waals surface area contributed by atoms with Crippen molar-refractivity contribution in [2.75, 3.05) is 18.5 Å². The molecule has 0 saturated heterocycles. The first-order valence-corrected chi connectivity index (χ1v) is 4.81. The van der Waals surface area contributed by atoms with Gasteiger partial charge in [-0.05, 0) is 11.6 Å². The van der Waals surface area contributed by atoms with E-state index >= 15 is 0 Å². The van der Waals surface area contributed by atoms with E-state index in [1.807, 2.05) is 0 Å². The van der Waals surface area contributed by atoms with Crippen molar-refractivity contribution in [1.29, 1.82) is 0 Å². The Balaban J connectivity index is 2.45. The van der Waals surface area contributed by atoms with E-state index in [2.05, 4.69) is 19.9 Å². The standard InChI is InChI=1S/C8H8ClF2N5/c1-16(2-4(10)11)7-5-6(13-3-12-5)14-8(9)15-7/h3-4H,2H2,1H3,(H,12,13,14,15). The highest BCUT2D eigenvalue weighted by Crippen LogP contribution is 2.21. The summed E-state index contributed by atoms with van der Waals surface area (Å²) in [7, 11) is 1.51. The lowest BCUT2D eigenvalue weighted by Gasteiger charge is -2.17. The van der Waals surface area contributed by atoms with Gasteiger partial charge in [0.15, 0.2) is 11.5 Å². The molecule has 2 rings (SSSR count). The fourth-order valence-corrected chi connectivity index (χ4v) is 1.52. The van der Waals surface area contributed by atoms with Gasteiger partial charge in [0.1, 0.15) is 5.52 Å². The molecule has 2 heterocycles. The van der Waals surface area contributed by atoms with Crippen LogP contribution in [-0.4, -0.2) is 40.0 Å². The number of hydrogen-bond acceptors (Lipinski definition) is 4. The largest absolute Gasteiger partial charge is 0.352 e. The van der Waals surface area contributed by atoms with Crippen LogP contribution in [0.5, 0.6) is 0 Å².